The largest absolute Gasteiger partial charge is 0.480 e. The summed E-state index contributed by atoms with van der Waals surface area (Å²) in [5.41, 5.74) is 0.807. The number of hydrogen-bond acceptors (Lipinski definition) is 2. The molecule has 0 heterocycles. The molecule has 0 saturated carbocycles. The summed E-state index contributed by atoms with van der Waals surface area (Å²) in [5, 5.41) is 13.7. The Balaban J connectivity index is 4.12. The first kappa shape index (κ1) is 13.5. The second kappa shape index (κ2) is 6.06. The van der Waals surface area contributed by atoms with Gasteiger partial charge >= 0.3 is 12.0 Å². The Labute approximate surface area is 89.6 Å². The van der Waals surface area contributed by atoms with Crippen LogP contribution in [0.4, 0.5) is 4.79 Å². The second-order valence-electron chi connectivity index (χ2n) is 3.84. The predicted molar refractivity (Wildman–Crippen MR) is 57.6 cm³/mol. The van der Waals surface area contributed by atoms with E-state index in [2.05, 4.69) is 17.2 Å². The van der Waals surface area contributed by atoms with Crippen LogP contribution in [0, 0.1) is 5.92 Å². The molecule has 0 rings (SSSR count). The van der Waals surface area contributed by atoms with Crippen LogP contribution in [-0.4, -0.2) is 29.7 Å². The Morgan fingerprint density at radius 3 is 2.27 bits per heavy atom. The van der Waals surface area contributed by atoms with Gasteiger partial charge in [0.15, 0.2) is 0 Å². The molecular weight excluding hydrogens is 196 g/mol. The fourth-order valence-electron chi connectivity index (χ4n) is 0.937. The number of carboxylic acid groups (broad SMARTS) is 1. The zero-order chi connectivity index (χ0) is 12.0. The van der Waals surface area contributed by atoms with Crippen molar-refractivity contribution in [2.75, 3.05) is 6.54 Å². The first-order chi connectivity index (χ1) is 6.84. The molecular formula is C10H18N2O3. The first-order valence-electron chi connectivity index (χ1n) is 4.76. The fourth-order valence-corrected chi connectivity index (χ4v) is 0.937. The van der Waals surface area contributed by atoms with Crippen molar-refractivity contribution in [2.45, 2.75) is 26.8 Å². The third-order valence-corrected chi connectivity index (χ3v) is 1.77. The van der Waals surface area contributed by atoms with E-state index < -0.39 is 18.0 Å². The van der Waals surface area contributed by atoms with Gasteiger partial charge in [0.1, 0.15) is 6.04 Å². The summed E-state index contributed by atoms with van der Waals surface area (Å²) in [6.45, 7) is 9.20. The van der Waals surface area contributed by atoms with E-state index in [0.29, 0.717) is 6.54 Å². The molecule has 0 spiro atoms. The van der Waals surface area contributed by atoms with Gasteiger partial charge < -0.3 is 15.7 Å². The Kier molecular flexibility index (Phi) is 5.44. The number of aliphatic carboxylic acids is 1. The van der Waals surface area contributed by atoms with E-state index >= 15 is 0 Å². The van der Waals surface area contributed by atoms with Crippen LogP contribution >= 0.6 is 0 Å². The minimum absolute atomic E-state index is 0.155. The SMILES string of the molecule is C=C(C)CNC(=O)N[C@@H](C(=O)O)C(C)C. The number of carbonyl (C=O) groups excluding carboxylic acids is 1. The highest BCUT2D eigenvalue weighted by Crippen LogP contribution is 2.01. The molecule has 0 radical (unpaired) electrons. The summed E-state index contributed by atoms with van der Waals surface area (Å²) >= 11 is 0. The highest BCUT2D eigenvalue weighted by Gasteiger charge is 2.22. The predicted octanol–water partition coefficient (Wildman–Crippen LogP) is 0.971. The van der Waals surface area contributed by atoms with Crippen molar-refractivity contribution >= 4 is 12.0 Å². The van der Waals surface area contributed by atoms with E-state index in [0.717, 1.165) is 5.57 Å². The lowest BCUT2D eigenvalue weighted by Gasteiger charge is -2.18. The smallest absolute Gasteiger partial charge is 0.326 e. The zero-order valence-electron chi connectivity index (χ0n) is 9.33. The van der Waals surface area contributed by atoms with Crippen molar-refractivity contribution in [1.82, 2.24) is 10.6 Å². The van der Waals surface area contributed by atoms with Gasteiger partial charge in [0.05, 0.1) is 0 Å². The summed E-state index contributed by atoms with van der Waals surface area (Å²) in [6.07, 6.45) is 0. The molecule has 1 atom stereocenters. The van der Waals surface area contributed by atoms with E-state index in [4.69, 9.17) is 5.11 Å². The maximum Gasteiger partial charge on any atom is 0.326 e. The topological polar surface area (TPSA) is 78.4 Å². The fraction of sp³-hybridized carbons (Fsp3) is 0.600. The molecule has 0 fully saturated rings. The van der Waals surface area contributed by atoms with Gasteiger partial charge in [-0.1, -0.05) is 26.0 Å². The molecule has 0 aromatic rings. The van der Waals surface area contributed by atoms with E-state index in [1.165, 1.54) is 0 Å². The first-order valence-corrected chi connectivity index (χ1v) is 4.76. The number of nitrogens with one attached hydrogen (secondary N) is 2. The van der Waals surface area contributed by atoms with Crippen LogP contribution in [0.25, 0.3) is 0 Å². The highest BCUT2D eigenvalue weighted by atomic mass is 16.4. The maximum atomic E-state index is 11.2. The van der Waals surface area contributed by atoms with Crippen LogP contribution in [0.2, 0.25) is 0 Å². The number of rotatable bonds is 5. The van der Waals surface area contributed by atoms with Gasteiger partial charge in [-0.05, 0) is 12.8 Å². The molecule has 0 aromatic heterocycles. The van der Waals surface area contributed by atoms with Crippen LogP contribution < -0.4 is 10.6 Å². The molecule has 86 valence electrons. The number of carbonyl (C=O) groups is 2. The minimum atomic E-state index is -1.03. The monoisotopic (exact) mass is 214 g/mol. The molecule has 0 aliphatic rings. The lowest BCUT2D eigenvalue weighted by Crippen LogP contribution is -2.48. The third-order valence-electron chi connectivity index (χ3n) is 1.77. The second-order valence-corrected chi connectivity index (χ2v) is 3.84. The average Bonchev–Trinajstić information content (AvgIpc) is 2.09. The normalized spacial score (nSPS) is 12.0. The Bertz CT molecular complexity index is 261. The molecule has 0 aromatic carbocycles. The van der Waals surface area contributed by atoms with Crippen molar-refractivity contribution < 1.29 is 14.7 Å². The van der Waals surface area contributed by atoms with Crippen LogP contribution in [-0.2, 0) is 4.79 Å². The number of amides is 2. The van der Waals surface area contributed by atoms with E-state index in [9.17, 15) is 9.59 Å². The summed E-state index contributed by atoms with van der Waals surface area (Å²) < 4.78 is 0. The zero-order valence-corrected chi connectivity index (χ0v) is 9.33. The molecule has 0 saturated heterocycles. The lowest BCUT2D eigenvalue weighted by molar-refractivity contribution is -0.140. The van der Waals surface area contributed by atoms with Gasteiger partial charge in [0, 0.05) is 6.54 Å². The average molecular weight is 214 g/mol. The summed E-state index contributed by atoms with van der Waals surface area (Å²) in [6, 6.07) is -1.35. The third kappa shape index (κ3) is 5.72. The van der Waals surface area contributed by atoms with Gasteiger partial charge in [0.2, 0.25) is 0 Å². The van der Waals surface area contributed by atoms with Crippen molar-refractivity contribution in [2.24, 2.45) is 5.92 Å². The molecule has 0 bridgehead atoms. The van der Waals surface area contributed by atoms with Crippen molar-refractivity contribution in [3.8, 4) is 0 Å². The van der Waals surface area contributed by atoms with Gasteiger partial charge in [-0.15, -0.1) is 0 Å². The highest BCUT2D eigenvalue weighted by molar-refractivity contribution is 5.82. The van der Waals surface area contributed by atoms with E-state index in [1.807, 2.05) is 0 Å². The van der Waals surface area contributed by atoms with Gasteiger partial charge in [-0.2, -0.15) is 0 Å². The molecule has 5 nitrogen and oxygen atoms in total. The van der Waals surface area contributed by atoms with E-state index in [1.54, 1.807) is 20.8 Å². The number of urea groups is 1. The number of carboxylic acids is 1. The summed E-state index contributed by atoms with van der Waals surface area (Å²) in [5.74, 6) is -1.19. The van der Waals surface area contributed by atoms with Crippen LogP contribution in [0.1, 0.15) is 20.8 Å². The van der Waals surface area contributed by atoms with Gasteiger partial charge in [0.25, 0.3) is 0 Å². The minimum Gasteiger partial charge on any atom is -0.480 e. The van der Waals surface area contributed by atoms with Crippen molar-refractivity contribution in [3.63, 3.8) is 0 Å². The molecule has 15 heavy (non-hydrogen) atoms. The molecule has 3 N–H and O–H groups in total. The number of hydrogen-bond donors (Lipinski definition) is 3. The Hall–Kier alpha value is -1.52. The standard InChI is InChI=1S/C10H18N2O3/c1-6(2)5-11-10(15)12-8(7(3)4)9(13)14/h7-8H,1,5H2,2-4H3,(H,13,14)(H2,11,12,15)/t8-/m1/s1. The van der Waals surface area contributed by atoms with E-state index in [-0.39, 0.29) is 5.92 Å². The molecule has 0 aliphatic heterocycles. The van der Waals surface area contributed by atoms with Crippen LogP contribution in [0.5, 0.6) is 0 Å². The van der Waals surface area contributed by atoms with Gasteiger partial charge in [-0.3, -0.25) is 0 Å². The molecule has 2 amide bonds. The lowest BCUT2D eigenvalue weighted by atomic mass is 10.1. The quantitative estimate of drug-likeness (QED) is 0.597. The van der Waals surface area contributed by atoms with Crippen molar-refractivity contribution in [3.05, 3.63) is 12.2 Å². The Morgan fingerprint density at radius 2 is 1.93 bits per heavy atom. The van der Waals surface area contributed by atoms with Gasteiger partial charge in [-0.25, -0.2) is 9.59 Å². The molecule has 5 heteroatoms. The summed E-state index contributed by atoms with van der Waals surface area (Å²) in [7, 11) is 0. The molecule has 0 aliphatic carbocycles. The van der Waals surface area contributed by atoms with Crippen LogP contribution in [0.15, 0.2) is 12.2 Å². The molecule has 0 unspecified atom stereocenters. The van der Waals surface area contributed by atoms with Crippen LogP contribution in [0.3, 0.4) is 0 Å². The Morgan fingerprint density at radius 1 is 1.40 bits per heavy atom. The maximum absolute atomic E-state index is 11.2. The van der Waals surface area contributed by atoms with Crippen molar-refractivity contribution in [1.29, 1.82) is 0 Å². The summed E-state index contributed by atoms with van der Waals surface area (Å²) in [4.78, 5) is 22.0.